The summed E-state index contributed by atoms with van der Waals surface area (Å²) in [5.74, 6) is 0.823. The van der Waals surface area contributed by atoms with E-state index in [4.69, 9.17) is 0 Å². The molecule has 2 nitrogen and oxygen atoms in total. The third kappa shape index (κ3) is 3.33. The molecule has 16 heavy (non-hydrogen) atoms. The molecule has 0 unspecified atom stereocenters. The van der Waals surface area contributed by atoms with Gasteiger partial charge in [-0.1, -0.05) is 6.08 Å². The van der Waals surface area contributed by atoms with Crippen LogP contribution in [0.5, 0.6) is 0 Å². The highest BCUT2D eigenvalue weighted by atomic mass is 15.0. The molecule has 1 aliphatic rings. The van der Waals surface area contributed by atoms with E-state index in [0.29, 0.717) is 5.54 Å². The SMILES string of the molecule is CC[NH2+][C@@H]1C[C@H](C(C)(C)[NH2+]CC)CC=C1C. The Morgan fingerprint density at radius 3 is 2.56 bits per heavy atom. The van der Waals surface area contributed by atoms with Crippen LogP contribution in [-0.2, 0) is 0 Å². The second-order valence-electron chi connectivity index (χ2n) is 5.80. The van der Waals surface area contributed by atoms with Crippen LogP contribution in [0.4, 0.5) is 0 Å². The molecule has 0 amide bonds. The fraction of sp³-hybridized carbons (Fsp3) is 0.857. The molecule has 0 aromatic heterocycles. The van der Waals surface area contributed by atoms with E-state index in [9.17, 15) is 0 Å². The molecule has 2 atom stereocenters. The van der Waals surface area contributed by atoms with Crippen molar-refractivity contribution in [3.05, 3.63) is 11.6 Å². The lowest BCUT2D eigenvalue weighted by molar-refractivity contribution is -0.730. The first-order chi connectivity index (χ1) is 7.51. The average molecular weight is 226 g/mol. The zero-order valence-electron chi connectivity index (χ0n) is 11.7. The topological polar surface area (TPSA) is 33.2 Å². The number of hydrogen-bond acceptors (Lipinski definition) is 0. The fourth-order valence-electron chi connectivity index (χ4n) is 2.94. The molecule has 1 aliphatic carbocycles. The number of nitrogens with two attached hydrogens (primary N) is 2. The van der Waals surface area contributed by atoms with Gasteiger partial charge in [-0.15, -0.1) is 0 Å². The summed E-state index contributed by atoms with van der Waals surface area (Å²) in [7, 11) is 0. The van der Waals surface area contributed by atoms with E-state index >= 15 is 0 Å². The minimum absolute atomic E-state index is 0.395. The van der Waals surface area contributed by atoms with Gasteiger partial charge in [0.05, 0.1) is 18.6 Å². The van der Waals surface area contributed by atoms with Crippen molar-refractivity contribution in [2.45, 2.75) is 59.0 Å². The maximum absolute atomic E-state index is 2.50. The Labute approximate surface area is 101 Å². The van der Waals surface area contributed by atoms with E-state index < -0.39 is 0 Å². The van der Waals surface area contributed by atoms with Crippen molar-refractivity contribution in [3.8, 4) is 0 Å². The summed E-state index contributed by atoms with van der Waals surface area (Å²) in [6.45, 7) is 14.0. The quantitative estimate of drug-likeness (QED) is 0.646. The molecule has 0 aromatic carbocycles. The number of hydrogen-bond donors (Lipinski definition) is 2. The summed E-state index contributed by atoms with van der Waals surface area (Å²) in [5.41, 5.74) is 1.98. The summed E-state index contributed by atoms with van der Waals surface area (Å²) in [6, 6.07) is 0.730. The van der Waals surface area contributed by atoms with Gasteiger partial charge >= 0.3 is 0 Å². The highest BCUT2D eigenvalue weighted by Gasteiger charge is 2.36. The first-order valence-corrected chi connectivity index (χ1v) is 6.85. The molecule has 0 saturated heterocycles. The van der Waals surface area contributed by atoms with Crippen LogP contribution in [0.2, 0.25) is 0 Å². The Hall–Kier alpha value is -0.340. The molecule has 0 spiro atoms. The van der Waals surface area contributed by atoms with Crippen molar-refractivity contribution in [1.29, 1.82) is 0 Å². The summed E-state index contributed by atoms with van der Waals surface area (Å²) in [5, 5.41) is 4.98. The number of allylic oxidation sites excluding steroid dienone is 1. The summed E-state index contributed by atoms with van der Waals surface area (Å²) in [4.78, 5) is 0. The van der Waals surface area contributed by atoms with Crippen molar-refractivity contribution >= 4 is 0 Å². The Morgan fingerprint density at radius 1 is 1.31 bits per heavy atom. The van der Waals surface area contributed by atoms with Crippen LogP contribution in [0, 0.1) is 5.92 Å². The maximum Gasteiger partial charge on any atom is 0.108 e. The Bertz CT molecular complexity index is 243. The predicted molar refractivity (Wildman–Crippen MR) is 69.3 cm³/mol. The predicted octanol–water partition coefficient (Wildman–Crippen LogP) is 0.657. The lowest BCUT2D eigenvalue weighted by atomic mass is 9.75. The molecule has 0 fully saturated rings. The van der Waals surface area contributed by atoms with Crippen LogP contribution in [0.15, 0.2) is 11.6 Å². The minimum atomic E-state index is 0.395. The molecular formula is C14H30N2+2. The zero-order valence-corrected chi connectivity index (χ0v) is 11.7. The summed E-state index contributed by atoms with van der Waals surface area (Å²) in [6.07, 6.45) is 5.08. The van der Waals surface area contributed by atoms with Crippen LogP contribution in [-0.4, -0.2) is 24.7 Å². The summed E-state index contributed by atoms with van der Waals surface area (Å²) >= 11 is 0. The second kappa shape index (κ2) is 5.83. The van der Waals surface area contributed by atoms with Crippen LogP contribution >= 0.6 is 0 Å². The lowest BCUT2D eigenvalue weighted by Crippen LogP contribution is -2.97. The normalized spacial score (nSPS) is 26.7. The third-order valence-electron chi connectivity index (χ3n) is 4.15. The smallest absolute Gasteiger partial charge is 0.108 e. The van der Waals surface area contributed by atoms with Crippen LogP contribution < -0.4 is 10.6 Å². The molecule has 0 saturated carbocycles. The van der Waals surface area contributed by atoms with Gasteiger partial charge in [-0.3, -0.25) is 0 Å². The molecule has 0 aliphatic heterocycles. The van der Waals surface area contributed by atoms with Gasteiger partial charge < -0.3 is 10.6 Å². The van der Waals surface area contributed by atoms with Gasteiger partial charge in [-0.05, 0) is 46.6 Å². The Kier molecular flexibility index (Phi) is 5.00. The van der Waals surface area contributed by atoms with E-state index in [1.54, 1.807) is 5.57 Å². The molecule has 0 radical (unpaired) electrons. The van der Waals surface area contributed by atoms with Crippen LogP contribution in [0.3, 0.4) is 0 Å². The van der Waals surface area contributed by atoms with E-state index in [1.807, 2.05) is 0 Å². The van der Waals surface area contributed by atoms with E-state index in [0.717, 1.165) is 12.0 Å². The molecule has 4 N–H and O–H groups in total. The number of rotatable bonds is 5. The second-order valence-corrected chi connectivity index (χ2v) is 5.80. The standard InChI is InChI=1S/C14H28N2/c1-6-15-13-10-12(9-8-11(13)3)14(4,5)16-7-2/h8,12-13,15-16H,6-7,9-10H2,1-5H3/p+2/t12-,13-/m1/s1. The van der Waals surface area contributed by atoms with E-state index in [-0.39, 0.29) is 0 Å². The van der Waals surface area contributed by atoms with Crippen LogP contribution in [0.1, 0.15) is 47.5 Å². The van der Waals surface area contributed by atoms with Gasteiger partial charge in [-0.25, -0.2) is 0 Å². The average Bonchev–Trinajstić information content (AvgIpc) is 2.21. The molecule has 0 bridgehead atoms. The number of quaternary nitrogens is 2. The first-order valence-electron chi connectivity index (χ1n) is 6.85. The largest absolute Gasteiger partial charge is 0.342 e. The monoisotopic (exact) mass is 226 g/mol. The van der Waals surface area contributed by atoms with Crippen molar-refractivity contribution in [3.63, 3.8) is 0 Å². The minimum Gasteiger partial charge on any atom is -0.342 e. The van der Waals surface area contributed by atoms with Gasteiger partial charge in [0.15, 0.2) is 0 Å². The lowest BCUT2D eigenvalue weighted by Gasteiger charge is -2.36. The fourth-order valence-corrected chi connectivity index (χ4v) is 2.94. The number of likely N-dealkylation sites (N-methyl/N-ethyl adjacent to an activating group) is 1. The Morgan fingerprint density at radius 2 is 2.00 bits per heavy atom. The van der Waals surface area contributed by atoms with Gasteiger partial charge in [0.1, 0.15) is 6.04 Å². The van der Waals surface area contributed by atoms with Gasteiger partial charge in [0, 0.05) is 12.3 Å². The molecule has 1 rings (SSSR count). The first kappa shape index (κ1) is 13.7. The van der Waals surface area contributed by atoms with E-state index in [1.165, 1.54) is 25.9 Å². The zero-order chi connectivity index (χ0) is 12.2. The Balaban J connectivity index is 2.65. The highest BCUT2D eigenvalue weighted by molar-refractivity contribution is 5.10. The van der Waals surface area contributed by atoms with Crippen molar-refractivity contribution in [1.82, 2.24) is 0 Å². The third-order valence-corrected chi connectivity index (χ3v) is 4.15. The molecule has 94 valence electrons. The molecule has 2 heteroatoms. The van der Waals surface area contributed by atoms with Gasteiger partial charge in [0.2, 0.25) is 0 Å². The van der Waals surface area contributed by atoms with E-state index in [2.05, 4.69) is 51.3 Å². The van der Waals surface area contributed by atoms with Crippen molar-refractivity contribution < 1.29 is 10.6 Å². The van der Waals surface area contributed by atoms with Crippen LogP contribution in [0.25, 0.3) is 0 Å². The van der Waals surface area contributed by atoms with Gasteiger partial charge in [-0.2, -0.15) is 0 Å². The maximum atomic E-state index is 2.50. The van der Waals surface area contributed by atoms with Crippen molar-refractivity contribution in [2.24, 2.45) is 5.92 Å². The molecular weight excluding hydrogens is 196 g/mol. The van der Waals surface area contributed by atoms with Gasteiger partial charge in [0.25, 0.3) is 0 Å². The van der Waals surface area contributed by atoms with Crippen molar-refractivity contribution in [2.75, 3.05) is 13.1 Å². The molecule has 0 aromatic rings. The highest BCUT2D eigenvalue weighted by Crippen LogP contribution is 2.28. The summed E-state index contributed by atoms with van der Waals surface area (Å²) < 4.78 is 0. The molecule has 0 heterocycles.